The summed E-state index contributed by atoms with van der Waals surface area (Å²) < 4.78 is 15.3. The number of rotatable bonds is 4. The molecular formula is C20H13Br2FN2O2. The molecule has 7 heteroatoms. The van der Waals surface area contributed by atoms with E-state index in [1.807, 2.05) is 18.2 Å². The highest BCUT2D eigenvalue weighted by Gasteiger charge is 2.10. The Morgan fingerprint density at radius 3 is 2.33 bits per heavy atom. The van der Waals surface area contributed by atoms with E-state index in [9.17, 15) is 14.3 Å². The van der Waals surface area contributed by atoms with Crippen molar-refractivity contribution in [3.05, 3.63) is 86.6 Å². The lowest BCUT2D eigenvalue weighted by atomic mass is 10.0. The predicted molar refractivity (Wildman–Crippen MR) is 110 cm³/mol. The molecule has 0 spiro atoms. The summed E-state index contributed by atoms with van der Waals surface area (Å²) in [4.78, 5) is 12.2. The minimum atomic E-state index is -0.526. The number of nitrogens with zero attached hydrogens (tertiary/aromatic N) is 1. The quantitative estimate of drug-likeness (QED) is 0.374. The SMILES string of the molecule is O=C(N/N=C/c1cc(Br)c(O)c(Br)c1)c1ccc(-c2ccccc2)c(F)c1. The van der Waals surface area contributed by atoms with Gasteiger partial charge in [-0.1, -0.05) is 36.4 Å². The number of hydrazone groups is 1. The van der Waals surface area contributed by atoms with Gasteiger partial charge in [0.2, 0.25) is 0 Å². The van der Waals surface area contributed by atoms with Gasteiger partial charge in [0.15, 0.2) is 0 Å². The van der Waals surface area contributed by atoms with Crippen molar-refractivity contribution < 1.29 is 14.3 Å². The monoisotopic (exact) mass is 490 g/mol. The first-order chi connectivity index (χ1) is 13.0. The van der Waals surface area contributed by atoms with Crippen molar-refractivity contribution in [3.8, 4) is 16.9 Å². The largest absolute Gasteiger partial charge is 0.506 e. The lowest BCUT2D eigenvalue weighted by molar-refractivity contribution is 0.0954. The van der Waals surface area contributed by atoms with Gasteiger partial charge in [0.1, 0.15) is 11.6 Å². The van der Waals surface area contributed by atoms with Gasteiger partial charge >= 0.3 is 0 Å². The number of phenolic OH excluding ortho intramolecular Hbond substituents is 1. The predicted octanol–water partition coefficient (Wildman–Crippen LogP) is 5.49. The van der Waals surface area contributed by atoms with Crippen LogP contribution in [0, 0.1) is 5.82 Å². The molecule has 1 amide bonds. The Kier molecular flexibility index (Phi) is 6.03. The van der Waals surface area contributed by atoms with Gasteiger partial charge in [-0.3, -0.25) is 4.79 Å². The fourth-order valence-electron chi connectivity index (χ4n) is 2.40. The van der Waals surface area contributed by atoms with Crippen LogP contribution in [0.4, 0.5) is 4.39 Å². The third-order valence-electron chi connectivity index (χ3n) is 3.74. The van der Waals surface area contributed by atoms with E-state index in [1.54, 1.807) is 36.4 Å². The number of carbonyl (C=O) groups is 1. The van der Waals surface area contributed by atoms with Crippen LogP contribution in [0.25, 0.3) is 11.1 Å². The Hall–Kier alpha value is -2.51. The van der Waals surface area contributed by atoms with E-state index in [0.29, 0.717) is 20.1 Å². The molecule has 0 bridgehead atoms. The Bertz CT molecular complexity index is 1000. The normalized spacial score (nSPS) is 10.9. The average molecular weight is 492 g/mol. The maximum Gasteiger partial charge on any atom is 0.271 e. The molecule has 0 heterocycles. The van der Waals surface area contributed by atoms with E-state index in [2.05, 4.69) is 42.4 Å². The van der Waals surface area contributed by atoms with Crippen molar-refractivity contribution in [1.29, 1.82) is 0 Å². The van der Waals surface area contributed by atoms with E-state index >= 15 is 0 Å². The Balaban J connectivity index is 1.72. The third kappa shape index (κ3) is 4.61. The Morgan fingerprint density at radius 2 is 1.70 bits per heavy atom. The van der Waals surface area contributed by atoms with Crippen molar-refractivity contribution in [2.24, 2.45) is 5.10 Å². The summed E-state index contributed by atoms with van der Waals surface area (Å²) in [6.07, 6.45) is 1.42. The number of hydrogen-bond donors (Lipinski definition) is 2. The zero-order valence-corrected chi connectivity index (χ0v) is 17.0. The Labute approximate surface area is 172 Å². The summed E-state index contributed by atoms with van der Waals surface area (Å²) in [5.74, 6) is -0.934. The van der Waals surface area contributed by atoms with Crippen molar-refractivity contribution in [2.75, 3.05) is 0 Å². The molecule has 0 saturated carbocycles. The molecule has 0 aromatic heterocycles. The molecule has 0 fully saturated rings. The molecule has 0 aliphatic rings. The van der Waals surface area contributed by atoms with Gasteiger partial charge in [0.25, 0.3) is 5.91 Å². The number of carbonyl (C=O) groups excluding carboxylic acids is 1. The lowest BCUT2D eigenvalue weighted by Gasteiger charge is -2.06. The van der Waals surface area contributed by atoms with E-state index in [1.165, 1.54) is 12.3 Å². The summed E-state index contributed by atoms with van der Waals surface area (Å²) in [6.45, 7) is 0. The number of nitrogens with one attached hydrogen (secondary N) is 1. The molecule has 4 nitrogen and oxygen atoms in total. The van der Waals surface area contributed by atoms with Crippen LogP contribution in [0.15, 0.2) is 74.7 Å². The number of amides is 1. The molecule has 0 saturated heterocycles. The second-order valence-electron chi connectivity index (χ2n) is 5.59. The highest BCUT2D eigenvalue weighted by atomic mass is 79.9. The van der Waals surface area contributed by atoms with E-state index < -0.39 is 11.7 Å². The zero-order valence-electron chi connectivity index (χ0n) is 13.8. The van der Waals surface area contributed by atoms with Gasteiger partial charge < -0.3 is 5.11 Å². The molecule has 0 unspecified atom stereocenters. The highest BCUT2D eigenvalue weighted by Crippen LogP contribution is 2.32. The number of aromatic hydroxyl groups is 1. The number of halogens is 3. The van der Waals surface area contributed by atoms with Crippen LogP contribution in [0.1, 0.15) is 15.9 Å². The molecule has 0 atom stereocenters. The van der Waals surface area contributed by atoms with Crippen LogP contribution in [-0.2, 0) is 0 Å². The summed E-state index contributed by atoms with van der Waals surface area (Å²) in [7, 11) is 0. The van der Waals surface area contributed by atoms with Crippen molar-refractivity contribution in [2.45, 2.75) is 0 Å². The maximum atomic E-state index is 14.4. The first kappa shape index (κ1) is 19.3. The molecule has 3 aromatic carbocycles. The number of benzene rings is 3. The van der Waals surface area contributed by atoms with Crippen LogP contribution in [-0.4, -0.2) is 17.2 Å². The molecule has 0 aliphatic heterocycles. The van der Waals surface area contributed by atoms with Gasteiger partial charge in [0, 0.05) is 11.1 Å². The topological polar surface area (TPSA) is 61.7 Å². The summed E-state index contributed by atoms with van der Waals surface area (Å²) in [5, 5.41) is 13.6. The second kappa shape index (κ2) is 8.45. The second-order valence-corrected chi connectivity index (χ2v) is 7.30. The molecule has 3 rings (SSSR count). The molecule has 136 valence electrons. The minimum absolute atomic E-state index is 0.0742. The minimum Gasteiger partial charge on any atom is -0.506 e. The van der Waals surface area contributed by atoms with Crippen LogP contribution in [0.3, 0.4) is 0 Å². The van der Waals surface area contributed by atoms with E-state index in [-0.39, 0.29) is 11.3 Å². The summed E-state index contributed by atoms with van der Waals surface area (Å²) in [6, 6.07) is 16.7. The summed E-state index contributed by atoms with van der Waals surface area (Å²) >= 11 is 6.44. The number of phenols is 1. The fourth-order valence-corrected chi connectivity index (χ4v) is 3.62. The van der Waals surface area contributed by atoms with Gasteiger partial charge in [-0.05, 0) is 67.3 Å². The van der Waals surface area contributed by atoms with Gasteiger partial charge in [-0.15, -0.1) is 0 Å². The molecular weight excluding hydrogens is 479 g/mol. The zero-order chi connectivity index (χ0) is 19.4. The first-order valence-electron chi connectivity index (χ1n) is 7.82. The molecule has 0 aliphatic carbocycles. The Morgan fingerprint density at radius 1 is 1.04 bits per heavy atom. The fraction of sp³-hybridized carbons (Fsp3) is 0. The van der Waals surface area contributed by atoms with E-state index in [0.717, 1.165) is 5.56 Å². The van der Waals surface area contributed by atoms with Crippen LogP contribution in [0.5, 0.6) is 5.75 Å². The van der Waals surface area contributed by atoms with Crippen molar-refractivity contribution in [1.82, 2.24) is 5.43 Å². The highest BCUT2D eigenvalue weighted by molar-refractivity contribution is 9.11. The third-order valence-corrected chi connectivity index (χ3v) is 4.94. The van der Waals surface area contributed by atoms with Crippen LogP contribution >= 0.6 is 31.9 Å². The number of hydrogen-bond acceptors (Lipinski definition) is 3. The van der Waals surface area contributed by atoms with Crippen molar-refractivity contribution >= 4 is 44.0 Å². The average Bonchev–Trinajstić information content (AvgIpc) is 2.66. The van der Waals surface area contributed by atoms with Crippen molar-refractivity contribution in [3.63, 3.8) is 0 Å². The molecule has 0 radical (unpaired) electrons. The standard InChI is InChI=1S/C20H13Br2FN2O2/c21-16-8-12(9-17(22)19(16)26)11-24-25-20(27)14-6-7-15(18(23)10-14)13-4-2-1-3-5-13/h1-11,26H,(H,25,27)/b24-11+. The van der Waals surface area contributed by atoms with Gasteiger partial charge in [-0.2, -0.15) is 5.10 Å². The van der Waals surface area contributed by atoms with Crippen LogP contribution < -0.4 is 5.43 Å². The maximum absolute atomic E-state index is 14.4. The lowest BCUT2D eigenvalue weighted by Crippen LogP contribution is -2.17. The molecule has 3 aromatic rings. The first-order valence-corrected chi connectivity index (χ1v) is 9.40. The molecule has 2 N–H and O–H groups in total. The van der Waals surface area contributed by atoms with Gasteiger partial charge in [0.05, 0.1) is 15.2 Å². The van der Waals surface area contributed by atoms with Crippen LogP contribution in [0.2, 0.25) is 0 Å². The smallest absolute Gasteiger partial charge is 0.271 e. The molecule has 27 heavy (non-hydrogen) atoms. The van der Waals surface area contributed by atoms with E-state index in [4.69, 9.17) is 0 Å². The van der Waals surface area contributed by atoms with Gasteiger partial charge in [-0.25, -0.2) is 9.82 Å². The summed E-state index contributed by atoms with van der Waals surface area (Å²) in [5.41, 5.74) is 4.34.